The summed E-state index contributed by atoms with van der Waals surface area (Å²) in [5.74, 6) is -1.09. The number of hydrogen-bond acceptors (Lipinski definition) is 5. The largest absolute Gasteiger partial charge is 0.487 e. The van der Waals surface area contributed by atoms with E-state index < -0.39 is 11.6 Å². The zero-order chi connectivity index (χ0) is 16.3. The third kappa shape index (κ3) is 3.13. The van der Waals surface area contributed by atoms with Gasteiger partial charge in [0.25, 0.3) is 0 Å². The number of pyridine rings is 2. The van der Waals surface area contributed by atoms with Crippen molar-refractivity contribution in [2.75, 3.05) is 18.1 Å². The first-order valence-electron chi connectivity index (χ1n) is 6.48. The van der Waals surface area contributed by atoms with Gasteiger partial charge in [0.15, 0.2) is 17.5 Å². The number of halogens is 2. The Morgan fingerprint density at radius 3 is 2.73 bits per heavy atom. The van der Waals surface area contributed by atoms with Crippen LogP contribution in [-0.2, 0) is 6.61 Å². The Bertz CT molecular complexity index is 719. The van der Waals surface area contributed by atoms with E-state index in [9.17, 15) is 8.78 Å². The molecule has 0 bridgehead atoms. The molecule has 3 N–H and O–H groups in total. The van der Waals surface area contributed by atoms with E-state index in [0.717, 1.165) is 17.3 Å². The second-order valence-corrected chi connectivity index (χ2v) is 4.67. The first-order chi connectivity index (χ1) is 10.4. The highest BCUT2D eigenvalue weighted by atomic mass is 19.1. The van der Waals surface area contributed by atoms with Crippen LogP contribution < -0.4 is 15.8 Å². The molecule has 0 aromatic carbocycles. The topological polar surface area (TPSA) is 73.1 Å². The highest BCUT2D eigenvalue weighted by Gasteiger charge is 2.14. The molecule has 0 amide bonds. The highest BCUT2D eigenvalue weighted by molar-refractivity contribution is 5.72. The maximum atomic E-state index is 13.7. The van der Waals surface area contributed by atoms with Gasteiger partial charge in [0.2, 0.25) is 0 Å². The highest BCUT2D eigenvalue weighted by Crippen LogP contribution is 2.26. The minimum Gasteiger partial charge on any atom is -0.487 e. The number of nitrogen functional groups attached to an aromatic ring is 1. The summed E-state index contributed by atoms with van der Waals surface area (Å²) in [5, 5.41) is 2.93. The normalized spacial score (nSPS) is 10.4. The zero-order valence-electron chi connectivity index (χ0n) is 12.3. The fourth-order valence-electron chi connectivity index (χ4n) is 1.86. The first kappa shape index (κ1) is 15.7. The van der Waals surface area contributed by atoms with Crippen LogP contribution in [0.2, 0.25) is 0 Å². The van der Waals surface area contributed by atoms with Crippen LogP contribution in [0, 0.1) is 11.6 Å². The number of aromatic nitrogens is 2. The number of allylic oxidation sites excluding steroid dienone is 1. The second-order valence-electron chi connectivity index (χ2n) is 4.67. The van der Waals surface area contributed by atoms with Gasteiger partial charge in [-0.3, -0.25) is 0 Å². The molecule has 2 aromatic heterocycles. The molecule has 0 aliphatic heterocycles. The maximum absolute atomic E-state index is 13.7. The Kier molecular flexibility index (Phi) is 4.55. The summed E-state index contributed by atoms with van der Waals surface area (Å²) in [6.45, 7) is 5.36. The number of nitrogens with one attached hydrogen (secondary N) is 1. The van der Waals surface area contributed by atoms with Gasteiger partial charge in [-0.25, -0.2) is 18.7 Å². The van der Waals surface area contributed by atoms with Gasteiger partial charge in [0, 0.05) is 12.6 Å². The Morgan fingerprint density at radius 1 is 1.36 bits per heavy atom. The van der Waals surface area contributed by atoms with Crippen molar-refractivity contribution in [3.05, 3.63) is 47.8 Å². The van der Waals surface area contributed by atoms with Crippen molar-refractivity contribution in [3.8, 4) is 5.75 Å². The van der Waals surface area contributed by atoms with Crippen molar-refractivity contribution >= 4 is 17.2 Å². The third-order valence-electron chi connectivity index (χ3n) is 3.04. The quantitative estimate of drug-likeness (QED) is 0.888. The van der Waals surface area contributed by atoms with Crippen LogP contribution in [0.15, 0.2) is 25.0 Å². The number of nitrogens with two attached hydrogens (primary N) is 1. The Labute approximate surface area is 126 Å². The van der Waals surface area contributed by atoms with Crippen molar-refractivity contribution in [1.29, 1.82) is 0 Å². The van der Waals surface area contributed by atoms with Gasteiger partial charge in [0.1, 0.15) is 18.2 Å². The van der Waals surface area contributed by atoms with Crippen molar-refractivity contribution in [1.82, 2.24) is 9.97 Å². The minimum atomic E-state index is -0.917. The fraction of sp³-hybridized carbons (Fsp3) is 0.200. The summed E-state index contributed by atoms with van der Waals surface area (Å²) in [6.07, 6.45) is 2.32. The molecule has 0 unspecified atom stereocenters. The van der Waals surface area contributed by atoms with Crippen molar-refractivity contribution in [3.63, 3.8) is 0 Å². The summed E-state index contributed by atoms with van der Waals surface area (Å²) >= 11 is 0. The van der Waals surface area contributed by atoms with Gasteiger partial charge in [-0.2, -0.15) is 0 Å². The zero-order valence-corrected chi connectivity index (χ0v) is 12.3. The Morgan fingerprint density at radius 2 is 2.09 bits per heavy atom. The van der Waals surface area contributed by atoms with E-state index in [1.54, 1.807) is 13.1 Å². The molecule has 2 aromatic rings. The monoisotopic (exact) mass is 306 g/mol. The van der Waals surface area contributed by atoms with E-state index in [2.05, 4.69) is 21.9 Å². The summed E-state index contributed by atoms with van der Waals surface area (Å²) in [5.41, 5.74) is 6.59. The van der Waals surface area contributed by atoms with Crippen molar-refractivity contribution in [2.45, 2.75) is 13.5 Å². The summed E-state index contributed by atoms with van der Waals surface area (Å²) < 4.78 is 32.7. The molecule has 0 spiro atoms. The molecule has 2 rings (SSSR count). The van der Waals surface area contributed by atoms with Crippen molar-refractivity contribution < 1.29 is 13.5 Å². The molecule has 5 nitrogen and oxygen atoms in total. The molecule has 2 heterocycles. The van der Waals surface area contributed by atoms with Crippen LogP contribution in [-0.4, -0.2) is 17.0 Å². The van der Waals surface area contributed by atoms with Gasteiger partial charge in [-0.05, 0) is 18.6 Å². The Balaban J connectivity index is 2.24. The summed E-state index contributed by atoms with van der Waals surface area (Å²) in [7, 11) is 1.74. The standard InChI is InChI=1S/C15H16F2N4O/c1-8(2)10-4-9(5-21-15(10)19-3)22-7-11-12(16)6-20-14(18)13(11)17/h4-6H,1,7H2,2-3H3,(H2,18,20)(H,19,21). The van der Waals surface area contributed by atoms with Crippen LogP contribution in [0.5, 0.6) is 5.75 Å². The lowest BCUT2D eigenvalue weighted by atomic mass is 10.1. The fourth-order valence-corrected chi connectivity index (χ4v) is 1.86. The lowest BCUT2D eigenvalue weighted by Gasteiger charge is -2.12. The van der Waals surface area contributed by atoms with E-state index >= 15 is 0 Å². The van der Waals surface area contributed by atoms with Gasteiger partial charge >= 0.3 is 0 Å². The van der Waals surface area contributed by atoms with Gasteiger partial charge in [-0.15, -0.1) is 0 Å². The molecule has 0 saturated heterocycles. The number of rotatable bonds is 5. The predicted molar refractivity (Wildman–Crippen MR) is 81.4 cm³/mol. The molecule has 116 valence electrons. The molecular weight excluding hydrogens is 290 g/mol. The molecule has 7 heteroatoms. The Hall–Kier alpha value is -2.70. The van der Waals surface area contributed by atoms with Crippen molar-refractivity contribution in [2.24, 2.45) is 0 Å². The van der Waals surface area contributed by atoms with E-state index in [1.807, 2.05) is 6.92 Å². The summed E-state index contributed by atoms with van der Waals surface area (Å²) in [6, 6.07) is 1.70. The van der Waals surface area contributed by atoms with Crippen LogP contribution in [0.1, 0.15) is 18.1 Å². The van der Waals surface area contributed by atoms with Gasteiger partial charge in [0.05, 0.1) is 18.0 Å². The third-order valence-corrected chi connectivity index (χ3v) is 3.04. The van der Waals surface area contributed by atoms with E-state index in [4.69, 9.17) is 10.5 Å². The van der Waals surface area contributed by atoms with E-state index in [0.29, 0.717) is 11.6 Å². The maximum Gasteiger partial charge on any atom is 0.174 e. The predicted octanol–water partition coefficient (Wildman–Crippen LogP) is 2.99. The molecule has 0 aliphatic carbocycles. The number of nitrogens with zero attached hydrogens (tertiary/aromatic N) is 2. The molecule has 0 fully saturated rings. The van der Waals surface area contributed by atoms with Crippen LogP contribution >= 0.6 is 0 Å². The van der Waals surface area contributed by atoms with Gasteiger partial charge in [-0.1, -0.05) is 6.58 Å². The second kappa shape index (κ2) is 6.38. The molecule has 0 atom stereocenters. The SMILES string of the molecule is C=C(C)c1cc(OCc2c(F)cnc(N)c2F)cnc1NC. The average Bonchev–Trinajstić information content (AvgIpc) is 2.50. The molecule has 0 aliphatic rings. The lowest BCUT2D eigenvalue weighted by Crippen LogP contribution is -2.07. The first-order valence-corrected chi connectivity index (χ1v) is 6.48. The molecular formula is C15H16F2N4O. The molecule has 22 heavy (non-hydrogen) atoms. The van der Waals surface area contributed by atoms with Crippen LogP contribution in [0.4, 0.5) is 20.4 Å². The number of anilines is 2. The summed E-state index contributed by atoms with van der Waals surface area (Å²) in [4.78, 5) is 7.57. The van der Waals surface area contributed by atoms with E-state index in [-0.39, 0.29) is 18.0 Å². The van der Waals surface area contributed by atoms with Crippen LogP contribution in [0.3, 0.4) is 0 Å². The lowest BCUT2D eigenvalue weighted by molar-refractivity contribution is 0.291. The number of ether oxygens (including phenoxy) is 1. The minimum absolute atomic E-state index is 0.276. The van der Waals surface area contributed by atoms with Gasteiger partial charge < -0.3 is 15.8 Å². The number of hydrogen-bond donors (Lipinski definition) is 2. The van der Waals surface area contributed by atoms with E-state index in [1.165, 1.54) is 6.20 Å². The van der Waals surface area contributed by atoms with Crippen LogP contribution in [0.25, 0.3) is 5.57 Å². The molecule has 0 radical (unpaired) electrons. The smallest absolute Gasteiger partial charge is 0.174 e. The molecule has 0 saturated carbocycles. The average molecular weight is 306 g/mol.